The zero-order valence-corrected chi connectivity index (χ0v) is 13.0. The van der Waals surface area contributed by atoms with Crippen molar-refractivity contribution < 1.29 is 14.7 Å². The van der Waals surface area contributed by atoms with Crippen LogP contribution in [0.4, 0.5) is 4.79 Å². The molecule has 3 N–H and O–H groups in total. The number of rotatable bonds is 6. The Morgan fingerprint density at radius 1 is 1.43 bits per heavy atom. The summed E-state index contributed by atoms with van der Waals surface area (Å²) in [5.41, 5.74) is 0.739. The molecule has 0 radical (unpaired) electrons. The van der Waals surface area contributed by atoms with Gasteiger partial charge in [0.05, 0.1) is 19.2 Å². The molecule has 1 atom stereocenters. The first-order valence-corrected chi connectivity index (χ1v) is 6.93. The molecule has 1 unspecified atom stereocenters. The molecule has 0 saturated carbocycles. The van der Waals surface area contributed by atoms with Gasteiger partial charge in [-0.1, -0.05) is 20.8 Å². The number of carbonyl (C=O) groups is 2. The van der Waals surface area contributed by atoms with E-state index in [2.05, 4.69) is 15.7 Å². The van der Waals surface area contributed by atoms with Crippen molar-refractivity contribution in [2.75, 3.05) is 6.54 Å². The van der Waals surface area contributed by atoms with Crippen molar-refractivity contribution in [2.45, 2.75) is 46.7 Å². The van der Waals surface area contributed by atoms with E-state index in [-0.39, 0.29) is 17.9 Å². The fraction of sp³-hybridized carbons (Fsp3) is 0.643. The van der Waals surface area contributed by atoms with Gasteiger partial charge in [0, 0.05) is 18.8 Å². The molecule has 118 valence electrons. The van der Waals surface area contributed by atoms with E-state index in [1.807, 2.05) is 33.9 Å². The molecule has 0 fully saturated rings. The molecule has 1 rings (SSSR count). The van der Waals surface area contributed by atoms with Crippen LogP contribution in [0.1, 0.15) is 32.8 Å². The highest BCUT2D eigenvalue weighted by atomic mass is 16.4. The Morgan fingerprint density at radius 2 is 2.10 bits per heavy atom. The summed E-state index contributed by atoms with van der Waals surface area (Å²) in [6.07, 6.45) is 3.54. The van der Waals surface area contributed by atoms with E-state index in [9.17, 15) is 9.59 Å². The van der Waals surface area contributed by atoms with Crippen LogP contribution in [0, 0.1) is 12.3 Å². The van der Waals surface area contributed by atoms with E-state index >= 15 is 0 Å². The highest BCUT2D eigenvalue weighted by molar-refractivity contribution is 5.75. The number of aromatic nitrogens is 2. The van der Waals surface area contributed by atoms with Crippen LogP contribution >= 0.6 is 0 Å². The Labute approximate surface area is 124 Å². The van der Waals surface area contributed by atoms with Crippen LogP contribution in [0.2, 0.25) is 0 Å². The summed E-state index contributed by atoms with van der Waals surface area (Å²) in [6, 6.07) is -0.790. The van der Waals surface area contributed by atoms with Gasteiger partial charge in [0.15, 0.2) is 0 Å². The molecular formula is C14H24N4O3. The molecule has 7 heteroatoms. The summed E-state index contributed by atoms with van der Waals surface area (Å²) < 4.78 is 1.74. The van der Waals surface area contributed by atoms with Gasteiger partial charge in [-0.3, -0.25) is 9.48 Å². The summed E-state index contributed by atoms with van der Waals surface area (Å²) in [5.74, 6) is -0.928. The lowest BCUT2D eigenvalue weighted by atomic mass is 9.85. The summed E-state index contributed by atoms with van der Waals surface area (Å²) >= 11 is 0. The third-order valence-corrected chi connectivity index (χ3v) is 3.12. The SMILES string of the molecule is Cc1cnn(CCNC(=O)NC(CC(=O)O)C(C)(C)C)c1. The van der Waals surface area contributed by atoms with E-state index in [1.54, 1.807) is 10.9 Å². The minimum absolute atomic E-state index is 0.102. The van der Waals surface area contributed by atoms with Crippen LogP contribution in [0.3, 0.4) is 0 Å². The first kappa shape index (κ1) is 17.0. The van der Waals surface area contributed by atoms with Gasteiger partial charge < -0.3 is 15.7 Å². The predicted octanol–water partition coefficient (Wildman–Crippen LogP) is 1.38. The first-order chi connectivity index (χ1) is 9.68. The van der Waals surface area contributed by atoms with Crippen LogP contribution in [0.25, 0.3) is 0 Å². The molecule has 0 saturated heterocycles. The molecule has 0 bridgehead atoms. The van der Waals surface area contributed by atoms with Gasteiger partial charge in [0.1, 0.15) is 0 Å². The average Bonchev–Trinajstić information content (AvgIpc) is 2.72. The molecule has 21 heavy (non-hydrogen) atoms. The molecule has 1 aromatic rings. The number of nitrogens with zero attached hydrogens (tertiary/aromatic N) is 2. The van der Waals surface area contributed by atoms with Crippen molar-refractivity contribution in [3.8, 4) is 0 Å². The molecular weight excluding hydrogens is 272 g/mol. The number of nitrogens with one attached hydrogen (secondary N) is 2. The smallest absolute Gasteiger partial charge is 0.315 e. The van der Waals surface area contributed by atoms with E-state index in [4.69, 9.17) is 5.11 Å². The summed E-state index contributed by atoms with van der Waals surface area (Å²) in [6.45, 7) is 8.63. The van der Waals surface area contributed by atoms with E-state index < -0.39 is 12.0 Å². The average molecular weight is 296 g/mol. The summed E-state index contributed by atoms with van der Waals surface area (Å²) in [5, 5.41) is 18.5. The molecule has 0 aliphatic carbocycles. The molecule has 0 aliphatic rings. The molecule has 0 aliphatic heterocycles. The normalized spacial score (nSPS) is 12.8. The topological polar surface area (TPSA) is 96.3 Å². The standard InChI is InChI=1S/C14H24N4O3/c1-10-8-16-18(9-10)6-5-15-13(21)17-11(7-12(19)20)14(2,3)4/h8-9,11H,5-7H2,1-4H3,(H,19,20)(H2,15,17,21). The number of urea groups is 1. The second-order valence-electron chi connectivity index (χ2n) is 6.20. The maximum Gasteiger partial charge on any atom is 0.315 e. The lowest BCUT2D eigenvalue weighted by molar-refractivity contribution is -0.138. The molecule has 7 nitrogen and oxygen atoms in total. The lowest BCUT2D eigenvalue weighted by Crippen LogP contribution is -2.49. The van der Waals surface area contributed by atoms with Gasteiger partial charge in [0.2, 0.25) is 0 Å². The van der Waals surface area contributed by atoms with Crippen molar-refractivity contribution in [1.82, 2.24) is 20.4 Å². The van der Waals surface area contributed by atoms with Gasteiger partial charge in [-0.2, -0.15) is 5.10 Å². The Hall–Kier alpha value is -2.05. The van der Waals surface area contributed by atoms with Crippen LogP contribution in [0.5, 0.6) is 0 Å². The van der Waals surface area contributed by atoms with Crippen LogP contribution in [-0.2, 0) is 11.3 Å². The van der Waals surface area contributed by atoms with Crippen LogP contribution in [-0.4, -0.2) is 39.5 Å². The fourth-order valence-electron chi connectivity index (χ4n) is 1.83. The third-order valence-electron chi connectivity index (χ3n) is 3.12. The van der Waals surface area contributed by atoms with Crippen molar-refractivity contribution in [3.05, 3.63) is 18.0 Å². The minimum Gasteiger partial charge on any atom is -0.481 e. The zero-order valence-electron chi connectivity index (χ0n) is 13.0. The Morgan fingerprint density at radius 3 is 2.57 bits per heavy atom. The largest absolute Gasteiger partial charge is 0.481 e. The molecule has 2 amide bonds. The number of carbonyl (C=O) groups excluding carboxylic acids is 1. The van der Waals surface area contributed by atoms with E-state index in [0.717, 1.165) is 5.56 Å². The first-order valence-electron chi connectivity index (χ1n) is 6.93. The number of hydrogen-bond donors (Lipinski definition) is 3. The van der Waals surface area contributed by atoms with Crippen molar-refractivity contribution in [2.24, 2.45) is 5.41 Å². The van der Waals surface area contributed by atoms with Crippen LogP contribution in [0.15, 0.2) is 12.4 Å². The maximum absolute atomic E-state index is 11.8. The van der Waals surface area contributed by atoms with E-state index in [0.29, 0.717) is 13.1 Å². The molecule has 0 spiro atoms. The molecule has 1 heterocycles. The number of carboxylic acids is 1. The Balaban J connectivity index is 2.41. The van der Waals surface area contributed by atoms with E-state index in [1.165, 1.54) is 0 Å². The third kappa shape index (κ3) is 6.29. The number of carboxylic acid groups (broad SMARTS) is 1. The van der Waals surface area contributed by atoms with Crippen molar-refractivity contribution in [1.29, 1.82) is 0 Å². The number of aryl methyl sites for hydroxylation is 1. The van der Waals surface area contributed by atoms with Crippen molar-refractivity contribution >= 4 is 12.0 Å². The second kappa shape index (κ2) is 7.10. The molecule has 0 aromatic carbocycles. The fourth-order valence-corrected chi connectivity index (χ4v) is 1.83. The molecule has 1 aromatic heterocycles. The number of amides is 2. The highest BCUT2D eigenvalue weighted by Gasteiger charge is 2.28. The van der Waals surface area contributed by atoms with Gasteiger partial charge in [-0.15, -0.1) is 0 Å². The van der Waals surface area contributed by atoms with Gasteiger partial charge in [0.25, 0.3) is 0 Å². The minimum atomic E-state index is -0.928. The monoisotopic (exact) mass is 296 g/mol. The summed E-state index contributed by atoms with van der Waals surface area (Å²) in [4.78, 5) is 22.7. The number of hydrogen-bond acceptors (Lipinski definition) is 3. The quantitative estimate of drug-likeness (QED) is 0.739. The second-order valence-corrected chi connectivity index (χ2v) is 6.20. The maximum atomic E-state index is 11.8. The van der Waals surface area contributed by atoms with Crippen molar-refractivity contribution in [3.63, 3.8) is 0 Å². The summed E-state index contributed by atoms with van der Waals surface area (Å²) in [7, 11) is 0. The van der Waals surface area contributed by atoms with Gasteiger partial charge in [-0.05, 0) is 17.9 Å². The predicted molar refractivity (Wildman–Crippen MR) is 79.0 cm³/mol. The van der Waals surface area contributed by atoms with Crippen LogP contribution < -0.4 is 10.6 Å². The lowest BCUT2D eigenvalue weighted by Gasteiger charge is -2.30. The Kier molecular flexibility index (Phi) is 5.75. The zero-order chi connectivity index (χ0) is 16.0. The number of aliphatic carboxylic acids is 1. The van der Waals surface area contributed by atoms with Gasteiger partial charge >= 0.3 is 12.0 Å². The van der Waals surface area contributed by atoms with Gasteiger partial charge in [-0.25, -0.2) is 4.79 Å². The highest BCUT2D eigenvalue weighted by Crippen LogP contribution is 2.21. The Bertz CT molecular complexity index is 491.